The van der Waals surface area contributed by atoms with Crippen molar-refractivity contribution in [2.75, 3.05) is 0 Å². The summed E-state index contributed by atoms with van der Waals surface area (Å²) in [6.45, 7) is 0.494. The molecule has 0 amide bonds. The zero-order valence-corrected chi connectivity index (χ0v) is 16.3. The molecule has 0 aliphatic carbocycles. The van der Waals surface area contributed by atoms with Crippen LogP contribution in [-0.2, 0) is 6.61 Å². The molecule has 3 aromatic carbocycles. The molecule has 0 spiro atoms. The van der Waals surface area contributed by atoms with E-state index in [4.69, 9.17) is 4.74 Å². The van der Waals surface area contributed by atoms with Gasteiger partial charge in [-0.15, -0.1) is 0 Å². The largest absolute Gasteiger partial charge is 0.488 e. The summed E-state index contributed by atoms with van der Waals surface area (Å²) >= 11 is 7.03. The van der Waals surface area contributed by atoms with Crippen molar-refractivity contribution in [1.29, 1.82) is 0 Å². The van der Waals surface area contributed by atoms with Crippen molar-refractivity contribution in [2.45, 2.75) is 6.61 Å². The summed E-state index contributed by atoms with van der Waals surface area (Å²) in [4.78, 5) is 8.06. The van der Waals surface area contributed by atoms with E-state index in [1.807, 2.05) is 60.7 Å². The minimum absolute atomic E-state index is 0.494. The fourth-order valence-electron chi connectivity index (χ4n) is 2.68. The zero-order valence-electron chi connectivity index (χ0n) is 13.2. The highest BCUT2D eigenvalue weighted by Crippen LogP contribution is 2.33. The summed E-state index contributed by atoms with van der Waals surface area (Å²) in [5, 5.41) is 0. The second-order valence-corrected chi connectivity index (χ2v) is 7.49. The average Bonchev–Trinajstić information content (AvgIpc) is 3.05. The SMILES string of the molecule is Brc1cccc(COc2ccc(Br)cc2-c2nc3ccccc3[nH]2)c1. The van der Waals surface area contributed by atoms with Gasteiger partial charge in [-0.1, -0.05) is 56.1 Å². The molecule has 3 nitrogen and oxygen atoms in total. The van der Waals surface area contributed by atoms with Crippen molar-refractivity contribution in [1.82, 2.24) is 9.97 Å². The van der Waals surface area contributed by atoms with Crippen molar-refractivity contribution in [3.8, 4) is 17.1 Å². The lowest BCUT2D eigenvalue weighted by Crippen LogP contribution is -1.97. The Bertz CT molecular complexity index is 1010. The van der Waals surface area contributed by atoms with Crippen LogP contribution in [0.5, 0.6) is 5.75 Å². The number of halogens is 2. The normalized spacial score (nSPS) is 11.0. The van der Waals surface area contributed by atoms with Crippen LogP contribution in [0, 0.1) is 0 Å². The summed E-state index contributed by atoms with van der Waals surface area (Å²) in [5.74, 6) is 1.59. The number of hydrogen-bond donors (Lipinski definition) is 1. The molecule has 5 heteroatoms. The zero-order chi connectivity index (χ0) is 17.2. The first-order chi connectivity index (χ1) is 12.2. The molecule has 0 radical (unpaired) electrons. The van der Waals surface area contributed by atoms with E-state index in [-0.39, 0.29) is 0 Å². The third-order valence-electron chi connectivity index (χ3n) is 3.87. The van der Waals surface area contributed by atoms with Crippen LogP contribution in [0.25, 0.3) is 22.4 Å². The smallest absolute Gasteiger partial charge is 0.142 e. The maximum Gasteiger partial charge on any atom is 0.142 e. The Morgan fingerprint density at radius 1 is 0.880 bits per heavy atom. The van der Waals surface area contributed by atoms with Crippen LogP contribution >= 0.6 is 31.9 Å². The molecule has 0 saturated carbocycles. The first kappa shape index (κ1) is 16.4. The molecule has 124 valence electrons. The van der Waals surface area contributed by atoms with Crippen LogP contribution in [0.15, 0.2) is 75.7 Å². The van der Waals surface area contributed by atoms with Crippen molar-refractivity contribution in [2.24, 2.45) is 0 Å². The minimum atomic E-state index is 0.494. The fourth-order valence-corrected chi connectivity index (χ4v) is 3.49. The number of aromatic amines is 1. The summed E-state index contributed by atoms with van der Waals surface area (Å²) in [6, 6.07) is 22.1. The Hall–Kier alpha value is -2.11. The van der Waals surface area contributed by atoms with E-state index in [2.05, 4.69) is 47.9 Å². The lowest BCUT2D eigenvalue weighted by Gasteiger charge is -2.11. The van der Waals surface area contributed by atoms with Crippen LogP contribution in [0.3, 0.4) is 0 Å². The fraction of sp³-hybridized carbons (Fsp3) is 0.0500. The second-order valence-electron chi connectivity index (χ2n) is 5.66. The molecular formula is C20H14Br2N2O. The Morgan fingerprint density at radius 2 is 1.72 bits per heavy atom. The Morgan fingerprint density at radius 3 is 2.56 bits per heavy atom. The number of nitrogens with one attached hydrogen (secondary N) is 1. The Kier molecular flexibility index (Phi) is 4.59. The molecule has 0 saturated heterocycles. The van der Waals surface area contributed by atoms with E-state index in [9.17, 15) is 0 Å². The third-order valence-corrected chi connectivity index (χ3v) is 4.86. The van der Waals surface area contributed by atoms with E-state index >= 15 is 0 Å². The van der Waals surface area contributed by atoms with Gasteiger partial charge in [-0.05, 0) is 48.0 Å². The minimum Gasteiger partial charge on any atom is -0.488 e. The Balaban J connectivity index is 1.68. The van der Waals surface area contributed by atoms with Crippen LogP contribution in [0.2, 0.25) is 0 Å². The van der Waals surface area contributed by atoms with Gasteiger partial charge < -0.3 is 9.72 Å². The predicted octanol–water partition coefficient (Wildman–Crippen LogP) is 6.33. The van der Waals surface area contributed by atoms with Gasteiger partial charge in [0, 0.05) is 8.95 Å². The van der Waals surface area contributed by atoms with Crippen LogP contribution in [0.4, 0.5) is 0 Å². The summed E-state index contributed by atoms with van der Waals surface area (Å²) in [6.07, 6.45) is 0. The van der Waals surface area contributed by atoms with Gasteiger partial charge >= 0.3 is 0 Å². The second kappa shape index (κ2) is 7.02. The number of para-hydroxylation sites is 2. The van der Waals surface area contributed by atoms with Crippen LogP contribution < -0.4 is 4.74 Å². The van der Waals surface area contributed by atoms with Gasteiger partial charge in [0.1, 0.15) is 18.2 Å². The molecule has 1 heterocycles. The molecule has 4 rings (SSSR count). The molecule has 1 aromatic heterocycles. The van der Waals surface area contributed by atoms with Gasteiger partial charge in [0.2, 0.25) is 0 Å². The van der Waals surface area contributed by atoms with Gasteiger partial charge in [-0.3, -0.25) is 0 Å². The molecule has 0 bridgehead atoms. The summed E-state index contributed by atoms with van der Waals surface area (Å²) in [7, 11) is 0. The molecule has 25 heavy (non-hydrogen) atoms. The molecule has 1 N–H and O–H groups in total. The average molecular weight is 458 g/mol. The number of fused-ring (bicyclic) bond motifs is 1. The molecule has 4 aromatic rings. The van der Waals surface area contributed by atoms with Gasteiger partial charge in [0.25, 0.3) is 0 Å². The topological polar surface area (TPSA) is 37.9 Å². The van der Waals surface area contributed by atoms with E-state index in [1.165, 1.54) is 0 Å². The molecule has 0 aliphatic heterocycles. The van der Waals surface area contributed by atoms with E-state index in [1.54, 1.807) is 0 Å². The van der Waals surface area contributed by atoms with Crippen molar-refractivity contribution >= 4 is 42.9 Å². The number of aromatic nitrogens is 2. The first-order valence-electron chi connectivity index (χ1n) is 7.81. The van der Waals surface area contributed by atoms with Gasteiger partial charge in [-0.25, -0.2) is 4.98 Å². The molecule has 0 unspecified atom stereocenters. The number of rotatable bonds is 4. The van der Waals surface area contributed by atoms with Crippen LogP contribution in [0.1, 0.15) is 5.56 Å². The Labute approximate surface area is 162 Å². The highest BCUT2D eigenvalue weighted by molar-refractivity contribution is 9.10. The molecular weight excluding hydrogens is 444 g/mol. The summed E-state index contributed by atoms with van der Waals surface area (Å²) in [5.41, 5.74) is 3.99. The standard InChI is InChI=1S/C20H14Br2N2O/c21-14-5-3-4-13(10-14)12-25-19-9-8-15(22)11-16(19)20-23-17-6-1-2-7-18(17)24-20/h1-11H,12H2,(H,23,24). The predicted molar refractivity (Wildman–Crippen MR) is 108 cm³/mol. The number of nitrogens with zero attached hydrogens (tertiary/aromatic N) is 1. The summed E-state index contributed by atoms with van der Waals surface area (Å²) < 4.78 is 8.11. The number of ether oxygens (including phenoxy) is 1. The highest BCUT2D eigenvalue weighted by atomic mass is 79.9. The quantitative estimate of drug-likeness (QED) is 0.388. The molecule has 0 aliphatic rings. The van der Waals surface area contributed by atoms with E-state index < -0.39 is 0 Å². The number of hydrogen-bond acceptors (Lipinski definition) is 2. The maximum absolute atomic E-state index is 6.08. The number of H-pyrrole nitrogens is 1. The van der Waals surface area contributed by atoms with Crippen molar-refractivity contribution < 1.29 is 4.74 Å². The highest BCUT2D eigenvalue weighted by Gasteiger charge is 2.12. The molecule has 0 atom stereocenters. The van der Waals surface area contributed by atoms with Crippen LogP contribution in [-0.4, -0.2) is 9.97 Å². The van der Waals surface area contributed by atoms with Gasteiger partial charge in [0.15, 0.2) is 0 Å². The van der Waals surface area contributed by atoms with E-state index in [0.717, 1.165) is 42.7 Å². The maximum atomic E-state index is 6.08. The van der Waals surface area contributed by atoms with Gasteiger partial charge in [0.05, 0.1) is 16.6 Å². The first-order valence-corrected chi connectivity index (χ1v) is 9.39. The molecule has 0 fully saturated rings. The monoisotopic (exact) mass is 456 g/mol. The number of imidazole rings is 1. The van der Waals surface area contributed by atoms with Crippen molar-refractivity contribution in [3.63, 3.8) is 0 Å². The van der Waals surface area contributed by atoms with Crippen molar-refractivity contribution in [3.05, 3.63) is 81.2 Å². The van der Waals surface area contributed by atoms with E-state index in [0.29, 0.717) is 6.61 Å². The lowest BCUT2D eigenvalue weighted by molar-refractivity contribution is 0.307. The number of benzene rings is 3. The lowest BCUT2D eigenvalue weighted by atomic mass is 10.2. The van der Waals surface area contributed by atoms with Gasteiger partial charge in [-0.2, -0.15) is 0 Å². The third kappa shape index (κ3) is 3.62.